The molecule has 0 unspecified atom stereocenters. The van der Waals surface area contributed by atoms with E-state index in [4.69, 9.17) is 6.42 Å². The molecule has 0 amide bonds. The van der Waals surface area contributed by atoms with Gasteiger partial charge in [-0.15, -0.1) is 30.4 Å². The van der Waals surface area contributed by atoms with E-state index in [1.807, 2.05) is 0 Å². The van der Waals surface area contributed by atoms with Crippen molar-refractivity contribution in [2.75, 3.05) is 20.1 Å². The zero-order valence-corrected chi connectivity index (χ0v) is 15.7. The van der Waals surface area contributed by atoms with Crippen molar-refractivity contribution >= 4 is 29.9 Å². The van der Waals surface area contributed by atoms with Crippen molar-refractivity contribution in [1.29, 1.82) is 0 Å². The molecule has 2 N–H and O–H groups in total. The van der Waals surface area contributed by atoms with E-state index in [0.29, 0.717) is 6.54 Å². The van der Waals surface area contributed by atoms with Crippen LogP contribution in [-0.2, 0) is 11.8 Å². The number of terminal acetylenes is 1. The Kier molecular flexibility index (Phi) is 9.11. The van der Waals surface area contributed by atoms with Crippen LogP contribution in [0.4, 0.5) is 0 Å². The molecule has 0 aromatic heterocycles. The van der Waals surface area contributed by atoms with Gasteiger partial charge in [0.1, 0.15) is 0 Å². The predicted octanol–water partition coefficient (Wildman–Crippen LogP) is 2.94. The van der Waals surface area contributed by atoms with Gasteiger partial charge in [-0.25, -0.2) is 0 Å². The summed E-state index contributed by atoms with van der Waals surface area (Å²) >= 11 is 0. The summed E-state index contributed by atoms with van der Waals surface area (Å²) in [4.78, 5) is 4.15. The molecule has 4 heteroatoms. The van der Waals surface area contributed by atoms with Gasteiger partial charge in [0.2, 0.25) is 0 Å². The van der Waals surface area contributed by atoms with Crippen LogP contribution in [0.2, 0.25) is 0 Å². The summed E-state index contributed by atoms with van der Waals surface area (Å²) in [6.07, 6.45) is 6.31. The maximum atomic E-state index is 5.24. The first kappa shape index (κ1) is 19.8. The van der Waals surface area contributed by atoms with Gasteiger partial charge in [-0.05, 0) is 17.5 Å². The van der Waals surface area contributed by atoms with Gasteiger partial charge in [-0.3, -0.25) is 4.99 Å². The van der Waals surface area contributed by atoms with Crippen LogP contribution in [-0.4, -0.2) is 26.1 Å². The van der Waals surface area contributed by atoms with E-state index in [-0.39, 0.29) is 29.4 Å². The molecule has 3 nitrogen and oxygen atoms in total. The van der Waals surface area contributed by atoms with E-state index < -0.39 is 0 Å². The van der Waals surface area contributed by atoms with Crippen LogP contribution in [0.15, 0.2) is 29.3 Å². The Morgan fingerprint density at radius 2 is 1.86 bits per heavy atom. The SMILES string of the molecule is C#CCNC(=NC)NCC(C)(C)c1ccc(CC)cc1.I. The summed E-state index contributed by atoms with van der Waals surface area (Å²) in [6, 6.07) is 8.81. The highest BCUT2D eigenvalue weighted by atomic mass is 127. The van der Waals surface area contributed by atoms with Crippen LogP contribution in [0, 0.1) is 12.3 Å². The summed E-state index contributed by atoms with van der Waals surface area (Å²) in [5.41, 5.74) is 2.71. The Morgan fingerprint density at radius 3 is 2.33 bits per heavy atom. The lowest BCUT2D eigenvalue weighted by atomic mass is 9.84. The normalized spacial score (nSPS) is 11.3. The van der Waals surface area contributed by atoms with Gasteiger partial charge in [0, 0.05) is 19.0 Å². The number of nitrogens with zero attached hydrogens (tertiary/aromatic N) is 1. The van der Waals surface area contributed by atoms with Crippen LogP contribution in [0.25, 0.3) is 0 Å². The molecule has 0 radical (unpaired) electrons. The molecule has 0 aliphatic rings. The minimum absolute atomic E-state index is 0. The molecule has 21 heavy (non-hydrogen) atoms. The third kappa shape index (κ3) is 6.38. The zero-order valence-electron chi connectivity index (χ0n) is 13.4. The van der Waals surface area contributed by atoms with Gasteiger partial charge in [0.05, 0.1) is 6.54 Å². The molecule has 0 aliphatic carbocycles. The first-order chi connectivity index (χ1) is 9.53. The molecule has 0 fully saturated rings. The van der Waals surface area contributed by atoms with Gasteiger partial charge < -0.3 is 10.6 Å². The fourth-order valence-corrected chi connectivity index (χ4v) is 1.95. The van der Waals surface area contributed by atoms with Crippen LogP contribution >= 0.6 is 24.0 Å². The van der Waals surface area contributed by atoms with Crippen LogP contribution in [0.5, 0.6) is 0 Å². The Labute approximate surface area is 146 Å². The van der Waals surface area contributed by atoms with Crippen molar-refractivity contribution in [3.63, 3.8) is 0 Å². The van der Waals surface area contributed by atoms with Crippen molar-refractivity contribution in [2.24, 2.45) is 4.99 Å². The van der Waals surface area contributed by atoms with Gasteiger partial charge in [-0.1, -0.05) is 51.0 Å². The third-order valence-corrected chi connectivity index (χ3v) is 3.42. The maximum Gasteiger partial charge on any atom is 0.191 e. The first-order valence-electron chi connectivity index (χ1n) is 7.01. The monoisotopic (exact) mass is 399 g/mol. The summed E-state index contributed by atoms with van der Waals surface area (Å²) in [6.45, 7) is 7.88. The number of rotatable bonds is 5. The van der Waals surface area contributed by atoms with Gasteiger partial charge in [0.25, 0.3) is 0 Å². The number of hydrogen-bond acceptors (Lipinski definition) is 1. The highest BCUT2D eigenvalue weighted by Gasteiger charge is 2.20. The Hall–Kier alpha value is -1.22. The summed E-state index contributed by atoms with van der Waals surface area (Å²) in [5, 5.41) is 6.38. The molecule has 0 saturated carbocycles. The van der Waals surface area contributed by atoms with Crippen LogP contribution < -0.4 is 10.6 Å². The average molecular weight is 399 g/mol. The van der Waals surface area contributed by atoms with Crippen LogP contribution in [0.3, 0.4) is 0 Å². The van der Waals surface area contributed by atoms with E-state index in [1.165, 1.54) is 11.1 Å². The predicted molar refractivity (Wildman–Crippen MR) is 102 cm³/mol. The molecular formula is C17H26IN3. The minimum atomic E-state index is 0. The number of aryl methyl sites for hydroxylation is 1. The number of guanidine groups is 1. The third-order valence-electron chi connectivity index (χ3n) is 3.42. The number of benzene rings is 1. The van der Waals surface area contributed by atoms with E-state index in [9.17, 15) is 0 Å². The fourth-order valence-electron chi connectivity index (χ4n) is 1.95. The minimum Gasteiger partial charge on any atom is -0.356 e. The van der Waals surface area contributed by atoms with Crippen molar-refractivity contribution in [3.05, 3.63) is 35.4 Å². The molecule has 1 aromatic carbocycles. The standard InChI is InChI=1S/C17H25N3.HI/c1-6-12-19-16(18-5)20-13-17(3,4)15-10-8-14(7-2)9-11-15;/h1,8-11H,7,12-13H2,2-5H3,(H2,18,19,20);1H. The topological polar surface area (TPSA) is 36.4 Å². The van der Waals surface area contributed by atoms with Gasteiger partial charge >= 0.3 is 0 Å². The number of nitrogens with one attached hydrogen (secondary N) is 2. The second-order valence-electron chi connectivity index (χ2n) is 5.42. The largest absolute Gasteiger partial charge is 0.356 e. The lowest BCUT2D eigenvalue weighted by Crippen LogP contribution is -2.43. The Morgan fingerprint density at radius 1 is 1.24 bits per heavy atom. The molecule has 0 saturated heterocycles. The van der Waals surface area contributed by atoms with E-state index in [0.717, 1.165) is 18.9 Å². The summed E-state index contributed by atoms with van der Waals surface area (Å²) in [5.74, 6) is 3.28. The molecular weight excluding hydrogens is 373 g/mol. The Bertz CT molecular complexity index is 484. The van der Waals surface area contributed by atoms with Crippen LogP contribution in [0.1, 0.15) is 31.9 Å². The lowest BCUT2D eigenvalue weighted by Gasteiger charge is -2.27. The number of aliphatic imine (C=N–C) groups is 1. The van der Waals surface area contributed by atoms with E-state index in [1.54, 1.807) is 7.05 Å². The smallest absolute Gasteiger partial charge is 0.191 e. The molecule has 1 aromatic rings. The molecule has 0 spiro atoms. The van der Waals surface area contributed by atoms with E-state index in [2.05, 4.69) is 66.6 Å². The van der Waals surface area contributed by atoms with Crippen molar-refractivity contribution in [3.8, 4) is 12.3 Å². The number of hydrogen-bond donors (Lipinski definition) is 2. The highest BCUT2D eigenvalue weighted by molar-refractivity contribution is 14.0. The van der Waals surface area contributed by atoms with Gasteiger partial charge in [0.15, 0.2) is 5.96 Å². The van der Waals surface area contributed by atoms with Crippen molar-refractivity contribution in [2.45, 2.75) is 32.6 Å². The summed E-state index contributed by atoms with van der Waals surface area (Å²) < 4.78 is 0. The number of halogens is 1. The molecule has 0 bridgehead atoms. The second kappa shape index (κ2) is 9.67. The second-order valence-corrected chi connectivity index (χ2v) is 5.42. The molecule has 116 valence electrons. The average Bonchev–Trinajstić information content (AvgIpc) is 2.47. The molecule has 0 aliphatic heterocycles. The zero-order chi connectivity index (χ0) is 15.0. The molecule has 0 heterocycles. The highest BCUT2D eigenvalue weighted by Crippen LogP contribution is 2.22. The van der Waals surface area contributed by atoms with E-state index >= 15 is 0 Å². The quantitative estimate of drug-likeness (QED) is 0.346. The fraction of sp³-hybridized carbons (Fsp3) is 0.471. The lowest BCUT2D eigenvalue weighted by molar-refractivity contribution is 0.509. The maximum absolute atomic E-state index is 5.24. The summed E-state index contributed by atoms with van der Waals surface area (Å²) in [7, 11) is 1.74. The Balaban J connectivity index is 0.00000400. The molecule has 0 atom stereocenters. The first-order valence-corrected chi connectivity index (χ1v) is 7.01. The molecule has 1 rings (SSSR count). The van der Waals surface area contributed by atoms with Gasteiger partial charge in [-0.2, -0.15) is 0 Å². The van der Waals surface area contributed by atoms with Crippen molar-refractivity contribution in [1.82, 2.24) is 10.6 Å². The van der Waals surface area contributed by atoms with Crippen molar-refractivity contribution < 1.29 is 0 Å².